The van der Waals surface area contributed by atoms with E-state index in [1.165, 1.54) is 10.9 Å². The molecule has 1 aliphatic rings. The van der Waals surface area contributed by atoms with Gasteiger partial charge in [-0.05, 0) is 43.0 Å². The second kappa shape index (κ2) is 4.35. The minimum Gasteiger partial charge on any atom is -0.353 e. The van der Waals surface area contributed by atoms with Crippen LogP contribution < -0.4 is 5.56 Å². The summed E-state index contributed by atoms with van der Waals surface area (Å²) in [6.45, 7) is 4.86. The van der Waals surface area contributed by atoms with Gasteiger partial charge in [0, 0.05) is 23.0 Å². The summed E-state index contributed by atoms with van der Waals surface area (Å²) in [4.78, 5) is 16.1. The third-order valence-corrected chi connectivity index (χ3v) is 4.63. The number of aromatic nitrogens is 2. The van der Waals surface area contributed by atoms with Gasteiger partial charge in [-0.3, -0.25) is 4.79 Å². The summed E-state index contributed by atoms with van der Waals surface area (Å²) < 4.78 is 1.93. The topological polar surface area (TPSA) is 37.8 Å². The molecule has 0 saturated carbocycles. The molecular formula is C18H18N2O. The summed E-state index contributed by atoms with van der Waals surface area (Å²) in [5, 5.41) is 1.28. The van der Waals surface area contributed by atoms with Gasteiger partial charge in [0.1, 0.15) is 0 Å². The van der Waals surface area contributed by atoms with Gasteiger partial charge < -0.3 is 9.55 Å². The van der Waals surface area contributed by atoms with Crippen molar-refractivity contribution >= 4 is 10.9 Å². The number of hydrogen-bond donors (Lipinski definition) is 1. The van der Waals surface area contributed by atoms with Crippen LogP contribution >= 0.6 is 0 Å². The predicted octanol–water partition coefficient (Wildman–Crippen LogP) is 3.42. The van der Waals surface area contributed by atoms with Crippen LogP contribution in [0.1, 0.15) is 23.6 Å². The molecule has 0 bridgehead atoms. The highest BCUT2D eigenvalue weighted by Gasteiger charge is 2.22. The Morgan fingerprint density at radius 1 is 1.29 bits per heavy atom. The van der Waals surface area contributed by atoms with E-state index in [2.05, 4.69) is 29.2 Å². The van der Waals surface area contributed by atoms with Gasteiger partial charge in [0.15, 0.2) is 0 Å². The van der Waals surface area contributed by atoms with Crippen LogP contribution in [-0.4, -0.2) is 9.55 Å². The normalized spacial score (nSPS) is 13.2. The van der Waals surface area contributed by atoms with Crippen LogP contribution in [0.15, 0.2) is 35.1 Å². The van der Waals surface area contributed by atoms with E-state index in [1.54, 1.807) is 0 Å². The van der Waals surface area contributed by atoms with Crippen LogP contribution in [0.5, 0.6) is 0 Å². The third kappa shape index (κ3) is 1.63. The van der Waals surface area contributed by atoms with Gasteiger partial charge in [-0.1, -0.05) is 25.1 Å². The Bertz CT molecular complexity index is 915. The molecule has 3 aromatic rings. The van der Waals surface area contributed by atoms with Gasteiger partial charge in [-0.2, -0.15) is 0 Å². The number of fused-ring (bicyclic) bond motifs is 5. The lowest BCUT2D eigenvalue weighted by Gasteiger charge is -2.21. The largest absolute Gasteiger partial charge is 0.353 e. The lowest BCUT2D eigenvalue weighted by molar-refractivity contribution is 0.651. The zero-order valence-corrected chi connectivity index (χ0v) is 12.4. The molecule has 21 heavy (non-hydrogen) atoms. The van der Waals surface area contributed by atoms with E-state index in [1.807, 2.05) is 24.5 Å². The van der Waals surface area contributed by atoms with E-state index >= 15 is 0 Å². The zero-order chi connectivity index (χ0) is 14.6. The van der Waals surface area contributed by atoms with Crippen molar-refractivity contribution in [2.24, 2.45) is 0 Å². The standard InChI is InChI=1S/C18H18N2O/c1-3-12-11(2)10-16-17-14(8-9-20(16)18(12)21)13-6-4-5-7-15(13)19-17/h4-7,10,19H,3,8-9H2,1-2H3. The van der Waals surface area contributed by atoms with Crippen molar-refractivity contribution in [3.63, 3.8) is 0 Å². The van der Waals surface area contributed by atoms with E-state index in [4.69, 9.17) is 0 Å². The molecule has 106 valence electrons. The number of benzene rings is 1. The van der Waals surface area contributed by atoms with Gasteiger partial charge >= 0.3 is 0 Å². The summed E-state index contributed by atoms with van der Waals surface area (Å²) in [5.74, 6) is 0. The molecule has 4 rings (SSSR count). The summed E-state index contributed by atoms with van der Waals surface area (Å²) in [6.07, 6.45) is 1.71. The first kappa shape index (κ1) is 12.5. The van der Waals surface area contributed by atoms with Crippen molar-refractivity contribution in [3.8, 4) is 11.4 Å². The van der Waals surface area contributed by atoms with Crippen molar-refractivity contribution < 1.29 is 0 Å². The first-order valence-corrected chi connectivity index (χ1v) is 7.54. The van der Waals surface area contributed by atoms with Crippen molar-refractivity contribution in [1.82, 2.24) is 9.55 Å². The number of hydrogen-bond acceptors (Lipinski definition) is 1. The number of H-pyrrole nitrogens is 1. The summed E-state index contributed by atoms with van der Waals surface area (Å²) >= 11 is 0. The second-order valence-corrected chi connectivity index (χ2v) is 5.78. The highest BCUT2D eigenvalue weighted by atomic mass is 16.1. The molecule has 3 heteroatoms. The lowest BCUT2D eigenvalue weighted by atomic mass is 9.99. The maximum absolute atomic E-state index is 12.6. The number of aryl methyl sites for hydroxylation is 2. The third-order valence-electron chi connectivity index (χ3n) is 4.63. The van der Waals surface area contributed by atoms with Crippen molar-refractivity contribution in [2.45, 2.75) is 33.2 Å². The van der Waals surface area contributed by atoms with E-state index < -0.39 is 0 Å². The number of rotatable bonds is 1. The molecule has 1 aliphatic heterocycles. The number of pyridine rings is 1. The van der Waals surface area contributed by atoms with Crippen LogP contribution in [0, 0.1) is 6.92 Å². The minimum absolute atomic E-state index is 0.178. The van der Waals surface area contributed by atoms with Gasteiger partial charge in [0.05, 0.1) is 11.4 Å². The van der Waals surface area contributed by atoms with Crippen LogP contribution in [0.25, 0.3) is 22.3 Å². The van der Waals surface area contributed by atoms with Gasteiger partial charge in [-0.25, -0.2) is 0 Å². The van der Waals surface area contributed by atoms with Crippen LogP contribution in [0.3, 0.4) is 0 Å². The smallest absolute Gasteiger partial charge is 0.254 e. The molecule has 2 aromatic heterocycles. The van der Waals surface area contributed by atoms with Crippen molar-refractivity contribution in [3.05, 3.63) is 57.4 Å². The maximum atomic E-state index is 12.6. The Kier molecular flexibility index (Phi) is 2.58. The Morgan fingerprint density at radius 3 is 2.90 bits per heavy atom. The first-order valence-electron chi connectivity index (χ1n) is 7.54. The monoisotopic (exact) mass is 278 g/mol. The highest BCUT2D eigenvalue weighted by molar-refractivity contribution is 5.90. The number of aromatic amines is 1. The van der Waals surface area contributed by atoms with Crippen LogP contribution in [-0.2, 0) is 19.4 Å². The fourth-order valence-corrected chi connectivity index (χ4v) is 3.57. The number of nitrogens with one attached hydrogen (secondary N) is 1. The Balaban J connectivity index is 2.07. The molecule has 0 aliphatic carbocycles. The molecule has 1 N–H and O–H groups in total. The highest BCUT2D eigenvalue weighted by Crippen LogP contribution is 2.34. The average Bonchev–Trinajstić information content (AvgIpc) is 2.87. The maximum Gasteiger partial charge on any atom is 0.254 e. The molecule has 0 amide bonds. The Morgan fingerprint density at radius 2 is 2.10 bits per heavy atom. The molecule has 0 fully saturated rings. The Labute approximate surface area is 123 Å². The molecule has 1 aromatic carbocycles. The molecule has 0 saturated heterocycles. The van der Waals surface area contributed by atoms with E-state index in [-0.39, 0.29) is 5.56 Å². The van der Waals surface area contributed by atoms with Crippen LogP contribution in [0.4, 0.5) is 0 Å². The van der Waals surface area contributed by atoms with E-state index in [9.17, 15) is 4.79 Å². The molecule has 0 radical (unpaired) electrons. The minimum atomic E-state index is 0.178. The SMILES string of the molecule is CCc1c(C)cc2n(c1=O)CCc1c-2[nH]c2ccccc12. The average molecular weight is 278 g/mol. The fourth-order valence-electron chi connectivity index (χ4n) is 3.57. The molecule has 0 unspecified atom stereocenters. The van der Waals surface area contributed by atoms with Gasteiger partial charge in [-0.15, -0.1) is 0 Å². The predicted molar refractivity (Wildman–Crippen MR) is 85.8 cm³/mol. The quantitative estimate of drug-likeness (QED) is 0.727. The number of nitrogens with zero attached hydrogens (tertiary/aromatic N) is 1. The van der Waals surface area contributed by atoms with Crippen LogP contribution in [0.2, 0.25) is 0 Å². The van der Waals surface area contributed by atoms with Gasteiger partial charge in [0.25, 0.3) is 5.56 Å². The van der Waals surface area contributed by atoms with E-state index in [0.29, 0.717) is 0 Å². The van der Waals surface area contributed by atoms with Gasteiger partial charge in [0.2, 0.25) is 0 Å². The first-order chi connectivity index (χ1) is 10.2. The molecule has 0 spiro atoms. The number of para-hydroxylation sites is 1. The summed E-state index contributed by atoms with van der Waals surface area (Å²) in [6, 6.07) is 10.5. The summed E-state index contributed by atoms with van der Waals surface area (Å²) in [5.41, 5.74) is 6.86. The fraction of sp³-hybridized carbons (Fsp3) is 0.278. The Hall–Kier alpha value is -2.29. The molecule has 3 nitrogen and oxygen atoms in total. The van der Waals surface area contributed by atoms with E-state index in [0.717, 1.165) is 47.4 Å². The molecule has 3 heterocycles. The molecular weight excluding hydrogens is 260 g/mol. The van der Waals surface area contributed by atoms with Crippen molar-refractivity contribution in [2.75, 3.05) is 0 Å². The lowest BCUT2D eigenvalue weighted by Crippen LogP contribution is -2.29. The second-order valence-electron chi connectivity index (χ2n) is 5.78. The van der Waals surface area contributed by atoms with Crippen molar-refractivity contribution in [1.29, 1.82) is 0 Å². The summed E-state index contributed by atoms with van der Waals surface area (Å²) in [7, 11) is 0. The molecule has 0 atom stereocenters. The zero-order valence-electron chi connectivity index (χ0n) is 12.4.